The highest BCUT2D eigenvalue weighted by atomic mass is 35.5. The van der Waals surface area contributed by atoms with Crippen LogP contribution in [0.5, 0.6) is 0 Å². The van der Waals surface area contributed by atoms with E-state index in [9.17, 15) is 4.79 Å². The van der Waals surface area contributed by atoms with Crippen molar-refractivity contribution in [1.29, 1.82) is 0 Å². The molecule has 244 valence electrons. The molecule has 1 aromatic carbocycles. The topological polar surface area (TPSA) is 29.5 Å². The Balaban J connectivity index is 0.00000882. The number of nitrogens with zero attached hydrogens (tertiary/aromatic N) is 2. The van der Waals surface area contributed by atoms with Gasteiger partial charge in [0.1, 0.15) is 12.2 Å². The summed E-state index contributed by atoms with van der Waals surface area (Å²) < 4.78 is 6.83. The molecule has 0 spiro atoms. The van der Waals surface area contributed by atoms with Crippen molar-refractivity contribution in [2.24, 2.45) is 0 Å². The molecule has 0 saturated carbocycles. The number of hydrogen-bond donors (Lipinski definition) is 0. The molecule has 1 heterocycles. The molecule has 1 amide bonds. The van der Waals surface area contributed by atoms with Crippen molar-refractivity contribution in [3.05, 3.63) is 29.8 Å². The third-order valence-corrected chi connectivity index (χ3v) is 9.22. The van der Waals surface area contributed by atoms with E-state index in [0.29, 0.717) is 12.3 Å². The van der Waals surface area contributed by atoms with Crippen molar-refractivity contribution in [1.82, 2.24) is 9.38 Å². The van der Waals surface area contributed by atoms with Crippen LogP contribution in [0.1, 0.15) is 154 Å². The molecular formula is C37H67ClN2O2. The summed E-state index contributed by atoms with van der Waals surface area (Å²) in [6, 6.07) is 8.61. The summed E-state index contributed by atoms with van der Waals surface area (Å²) in [4.78, 5) is 14.4. The third-order valence-electron chi connectivity index (χ3n) is 9.22. The van der Waals surface area contributed by atoms with Gasteiger partial charge in [-0.2, -0.15) is 0 Å². The third kappa shape index (κ3) is 17.3. The number of rotatable bonds is 27. The van der Waals surface area contributed by atoms with E-state index >= 15 is 0 Å². The lowest BCUT2D eigenvalue weighted by atomic mass is 10.0. The molecule has 5 heteroatoms. The number of carbonyl (C=O) groups is 1. The molecule has 2 rings (SSSR count). The summed E-state index contributed by atoms with van der Waals surface area (Å²) in [7, 11) is 2.26. The van der Waals surface area contributed by atoms with Gasteiger partial charge in [-0.05, 0) is 25.8 Å². The van der Waals surface area contributed by atoms with E-state index in [1.807, 2.05) is 4.90 Å². The number of carbonyl (C=O) groups excluding carboxylic acids is 1. The van der Waals surface area contributed by atoms with E-state index < -0.39 is 0 Å². The second kappa shape index (κ2) is 25.2. The fraction of sp³-hybridized carbons (Fsp3) is 0.811. The number of ether oxygens (including phenoxy) is 1. The Bertz CT molecular complexity index is 789. The summed E-state index contributed by atoms with van der Waals surface area (Å²) in [5.41, 5.74) is 2.59. The van der Waals surface area contributed by atoms with Gasteiger partial charge in [-0.25, -0.2) is 0 Å². The lowest BCUT2D eigenvalue weighted by Crippen LogP contribution is -3.00. The molecule has 1 aromatic rings. The van der Waals surface area contributed by atoms with Crippen LogP contribution in [0.2, 0.25) is 0 Å². The van der Waals surface area contributed by atoms with Gasteiger partial charge in [0.05, 0.1) is 13.7 Å². The summed E-state index contributed by atoms with van der Waals surface area (Å²) in [6.07, 6.45) is 29.9. The maximum Gasteiger partial charge on any atom is 0.226 e. The van der Waals surface area contributed by atoms with Gasteiger partial charge in [-0.3, -0.25) is 14.2 Å². The van der Waals surface area contributed by atoms with Gasteiger partial charge < -0.3 is 17.1 Å². The number of aryl methyl sites for hydroxylation is 1. The molecule has 0 aromatic heterocycles. The van der Waals surface area contributed by atoms with Crippen LogP contribution < -0.4 is 16.9 Å². The average molecular weight is 607 g/mol. The molecule has 42 heavy (non-hydrogen) atoms. The van der Waals surface area contributed by atoms with Crippen LogP contribution in [0.3, 0.4) is 0 Å². The van der Waals surface area contributed by atoms with Gasteiger partial charge in [0, 0.05) is 25.1 Å². The molecule has 1 atom stereocenters. The van der Waals surface area contributed by atoms with Crippen LogP contribution in [-0.4, -0.2) is 50.8 Å². The quantitative estimate of drug-likeness (QED) is 0.0774. The first-order valence-electron chi connectivity index (χ1n) is 17.8. The summed E-state index contributed by atoms with van der Waals surface area (Å²) in [6.45, 7) is 8.60. The van der Waals surface area contributed by atoms with E-state index in [2.05, 4.69) is 45.2 Å². The molecule has 1 aliphatic heterocycles. The van der Waals surface area contributed by atoms with E-state index in [4.69, 9.17) is 4.74 Å². The zero-order valence-electron chi connectivity index (χ0n) is 28.0. The summed E-state index contributed by atoms with van der Waals surface area (Å²) in [5, 5.41) is 0. The standard InChI is InChI=1S/C37H67N2O2.ClH/c1-4-5-6-7-8-9-10-11-12-13-14-15-16-17-18-19-20-21-22-25-32-41-33-31-39(3,34-38-30-26-29-37(38)40)36-28-24-23-27-35(36)2;/h23-24,27-28H,4-22,25-26,29-34H2,1-3H3;1H/q+1;/p-1. The number of quaternary nitrogens is 1. The number of likely N-dealkylation sites (tertiary alicyclic amines) is 1. The lowest BCUT2D eigenvalue weighted by Gasteiger charge is -2.38. The van der Waals surface area contributed by atoms with Crippen molar-refractivity contribution in [3.63, 3.8) is 0 Å². The van der Waals surface area contributed by atoms with E-state index in [-0.39, 0.29) is 12.4 Å². The Kier molecular flexibility index (Phi) is 23.4. The first-order valence-corrected chi connectivity index (χ1v) is 17.8. The van der Waals surface area contributed by atoms with Crippen LogP contribution in [0.4, 0.5) is 5.69 Å². The van der Waals surface area contributed by atoms with Crippen LogP contribution >= 0.6 is 0 Å². The van der Waals surface area contributed by atoms with Crippen molar-refractivity contribution in [2.45, 2.75) is 155 Å². The molecule has 0 bridgehead atoms. The molecule has 0 radical (unpaired) electrons. The van der Waals surface area contributed by atoms with Crippen molar-refractivity contribution in [3.8, 4) is 0 Å². The first kappa shape index (κ1) is 38.9. The Morgan fingerprint density at radius 3 is 1.64 bits per heavy atom. The number of unbranched alkanes of at least 4 members (excludes halogenated alkanes) is 19. The zero-order valence-corrected chi connectivity index (χ0v) is 28.7. The molecule has 1 aliphatic rings. The highest BCUT2D eigenvalue weighted by Gasteiger charge is 2.33. The van der Waals surface area contributed by atoms with Gasteiger partial charge in [-0.15, -0.1) is 0 Å². The van der Waals surface area contributed by atoms with E-state index in [0.717, 1.165) is 50.3 Å². The highest BCUT2D eigenvalue weighted by Crippen LogP contribution is 2.27. The van der Waals surface area contributed by atoms with Crippen LogP contribution in [0, 0.1) is 6.92 Å². The van der Waals surface area contributed by atoms with Crippen molar-refractivity contribution in [2.75, 3.05) is 40.0 Å². The molecular weight excluding hydrogens is 540 g/mol. The van der Waals surface area contributed by atoms with Gasteiger partial charge in [-0.1, -0.05) is 147 Å². The number of likely N-dealkylation sites (N-methyl/N-ethyl adjacent to an activating group) is 1. The van der Waals surface area contributed by atoms with Crippen LogP contribution in [0.25, 0.3) is 0 Å². The lowest BCUT2D eigenvalue weighted by molar-refractivity contribution is -0.129. The van der Waals surface area contributed by atoms with Crippen LogP contribution in [-0.2, 0) is 9.53 Å². The molecule has 1 fully saturated rings. The molecule has 4 nitrogen and oxygen atoms in total. The van der Waals surface area contributed by atoms with E-state index in [1.54, 1.807) is 0 Å². The maximum absolute atomic E-state index is 12.3. The van der Waals surface area contributed by atoms with Crippen molar-refractivity contribution < 1.29 is 21.9 Å². The zero-order chi connectivity index (χ0) is 29.4. The number of hydrogen-bond acceptors (Lipinski definition) is 2. The van der Waals surface area contributed by atoms with E-state index in [1.165, 1.54) is 133 Å². The number of amides is 1. The molecule has 1 saturated heterocycles. The van der Waals surface area contributed by atoms with Crippen molar-refractivity contribution >= 4 is 11.6 Å². The van der Waals surface area contributed by atoms with Gasteiger partial charge in [0.2, 0.25) is 5.91 Å². The monoisotopic (exact) mass is 606 g/mol. The van der Waals surface area contributed by atoms with Gasteiger partial charge >= 0.3 is 0 Å². The Morgan fingerprint density at radius 1 is 0.714 bits per heavy atom. The van der Waals surface area contributed by atoms with Gasteiger partial charge in [0.15, 0.2) is 6.67 Å². The smallest absolute Gasteiger partial charge is 0.226 e. The molecule has 0 aliphatic carbocycles. The predicted octanol–water partition coefficient (Wildman–Crippen LogP) is 7.35. The Morgan fingerprint density at radius 2 is 1.19 bits per heavy atom. The summed E-state index contributed by atoms with van der Waals surface area (Å²) >= 11 is 0. The first-order chi connectivity index (χ1) is 20.1. The average Bonchev–Trinajstić information content (AvgIpc) is 3.37. The number of para-hydroxylation sites is 1. The van der Waals surface area contributed by atoms with Gasteiger partial charge in [0.25, 0.3) is 0 Å². The predicted molar refractivity (Wildman–Crippen MR) is 178 cm³/mol. The normalized spacial score (nSPS) is 14.7. The second-order valence-corrected chi connectivity index (χ2v) is 13.1. The fourth-order valence-electron chi connectivity index (χ4n) is 6.49. The second-order valence-electron chi connectivity index (χ2n) is 13.1. The molecule has 1 unspecified atom stereocenters. The minimum absolute atomic E-state index is 0. The number of benzene rings is 1. The van der Waals surface area contributed by atoms with Crippen LogP contribution in [0.15, 0.2) is 24.3 Å². The molecule has 0 N–H and O–H groups in total. The minimum atomic E-state index is 0. The largest absolute Gasteiger partial charge is 1.00 e. The number of halogens is 1. The summed E-state index contributed by atoms with van der Waals surface area (Å²) in [5.74, 6) is 0.299. The Labute approximate surface area is 267 Å². The Hall–Kier alpha value is -1.10. The maximum atomic E-state index is 12.3. The highest BCUT2D eigenvalue weighted by molar-refractivity contribution is 5.78. The fourth-order valence-corrected chi connectivity index (χ4v) is 6.49. The SMILES string of the molecule is CCCCCCCCCCCCCCCCCCCCCCOCC[N+](C)(CN1CCCC1=O)c1ccccc1C.[Cl-]. The minimum Gasteiger partial charge on any atom is -1.00 e.